The molecule has 0 spiro atoms. The molecule has 1 heterocycles. The molecule has 0 atom stereocenters. The van der Waals surface area contributed by atoms with Gasteiger partial charge in [0.15, 0.2) is 5.69 Å². The van der Waals surface area contributed by atoms with Gasteiger partial charge in [-0.2, -0.15) is 5.10 Å². The van der Waals surface area contributed by atoms with E-state index in [1.807, 2.05) is 37.3 Å². The molecule has 0 aliphatic heterocycles. The molecule has 21 heavy (non-hydrogen) atoms. The zero-order valence-electron chi connectivity index (χ0n) is 11.9. The SMILES string of the molecule is Cc1ccccc1N(C)C(=O)c1n[nH]c2ccc(N)cc12. The average Bonchev–Trinajstić information content (AvgIpc) is 2.89. The summed E-state index contributed by atoms with van der Waals surface area (Å²) in [4.78, 5) is 14.3. The Kier molecular flexibility index (Phi) is 3.10. The fraction of sp³-hybridized carbons (Fsp3) is 0.125. The standard InChI is InChI=1S/C16H16N4O/c1-10-5-3-4-6-14(10)20(2)16(21)15-12-9-11(17)7-8-13(12)18-19-15/h3-9H,17H2,1-2H3,(H,18,19). The third-order valence-corrected chi connectivity index (χ3v) is 3.57. The monoisotopic (exact) mass is 280 g/mol. The third-order valence-electron chi connectivity index (χ3n) is 3.57. The van der Waals surface area contributed by atoms with Crippen molar-refractivity contribution in [2.24, 2.45) is 0 Å². The Morgan fingerprint density at radius 2 is 2.00 bits per heavy atom. The van der Waals surface area contributed by atoms with Crippen LogP contribution in [0.5, 0.6) is 0 Å². The summed E-state index contributed by atoms with van der Waals surface area (Å²) in [5.41, 5.74) is 9.48. The minimum absolute atomic E-state index is 0.166. The normalized spacial score (nSPS) is 10.8. The van der Waals surface area contributed by atoms with Crippen LogP contribution in [0.15, 0.2) is 42.5 Å². The lowest BCUT2D eigenvalue weighted by Gasteiger charge is -2.18. The molecule has 106 valence electrons. The van der Waals surface area contributed by atoms with Crippen LogP contribution >= 0.6 is 0 Å². The molecule has 3 N–H and O–H groups in total. The zero-order valence-corrected chi connectivity index (χ0v) is 11.9. The minimum Gasteiger partial charge on any atom is -0.399 e. The number of carbonyl (C=O) groups excluding carboxylic acids is 1. The van der Waals surface area contributed by atoms with Gasteiger partial charge >= 0.3 is 0 Å². The highest BCUT2D eigenvalue weighted by molar-refractivity contribution is 6.12. The van der Waals surface area contributed by atoms with E-state index in [1.54, 1.807) is 24.1 Å². The van der Waals surface area contributed by atoms with E-state index in [4.69, 9.17) is 5.73 Å². The molecule has 0 saturated heterocycles. The maximum absolute atomic E-state index is 12.7. The maximum atomic E-state index is 12.7. The number of nitrogens with zero attached hydrogens (tertiary/aromatic N) is 2. The highest BCUT2D eigenvalue weighted by Crippen LogP contribution is 2.23. The number of amides is 1. The van der Waals surface area contributed by atoms with E-state index in [0.717, 1.165) is 22.2 Å². The number of anilines is 2. The summed E-state index contributed by atoms with van der Waals surface area (Å²) in [7, 11) is 1.75. The van der Waals surface area contributed by atoms with Gasteiger partial charge < -0.3 is 10.6 Å². The Bertz CT molecular complexity index is 822. The number of para-hydroxylation sites is 1. The maximum Gasteiger partial charge on any atom is 0.279 e. The highest BCUT2D eigenvalue weighted by Gasteiger charge is 2.20. The van der Waals surface area contributed by atoms with Gasteiger partial charge in [-0.05, 0) is 36.8 Å². The van der Waals surface area contributed by atoms with Crippen LogP contribution in [-0.2, 0) is 0 Å². The molecular formula is C16H16N4O. The van der Waals surface area contributed by atoms with Crippen molar-refractivity contribution in [1.82, 2.24) is 10.2 Å². The lowest BCUT2D eigenvalue weighted by molar-refractivity contribution is 0.0989. The number of rotatable bonds is 2. The summed E-state index contributed by atoms with van der Waals surface area (Å²) < 4.78 is 0. The highest BCUT2D eigenvalue weighted by atomic mass is 16.2. The van der Waals surface area contributed by atoms with E-state index >= 15 is 0 Å². The van der Waals surface area contributed by atoms with Crippen LogP contribution in [0.2, 0.25) is 0 Å². The topological polar surface area (TPSA) is 75.0 Å². The number of benzene rings is 2. The molecule has 3 rings (SSSR count). The number of aromatic nitrogens is 2. The van der Waals surface area contributed by atoms with E-state index < -0.39 is 0 Å². The fourth-order valence-corrected chi connectivity index (χ4v) is 2.40. The number of aryl methyl sites for hydroxylation is 1. The number of nitrogens with two attached hydrogens (primary N) is 1. The van der Waals surface area contributed by atoms with Gasteiger partial charge in [0.25, 0.3) is 5.91 Å². The van der Waals surface area contributed by atoms with E-state index in [-0.39, 0.29) is 5.91 Å². The van der Waals surface area contributed by atoms with Gasteiger partial charge in [0.2, 0.25) is 0 Å². The Morgan fingerprint density at radius 3 is 2.76 bits per heavy atom. The molecule has 1 aromatic heterocycles. The Morgan fingerprint density at radius 1 is 1.24 bits per heavy atom. The number of aromatic amines is 1. The number of hydrogen-bond donors (Lipinski definition) is 2. The van der Waals surface area contributed by atoms with Crippen LogP contribution in [0.4, 0.5) is 11.4 Å². The van der Waals surface area contributed by atoms with Crippen LogP contribution in [0, 0.1) is 6.92 Å². The Balaban J connectivity index is 2.04. The number of nitrogen functional groups attached to an aromatic ring is 1. The molecule has 0 unspecified atom stereocenters. The smallest absolute Gasteiger partial charge is 0.279 e. The molecule has 0 bridgehead atoms. The molecule has 2 aromatic carbocycles. The van der Waals surface area contributed by atoms with Crippen molar-refractivity contribution in [3.8, 4) is 0 Å². The molecule has 1 amide bonds. The van der Waals surface area contributed by atoms with E-state index in [9.17, 15) is 4.79 Å². The minimum atomic E-state index is -0.166. The van der Waals surface area contributed by atoms with E-state index in [0.29, 0.717) is 11.4 Å². The predicted octanol–water partition coefficient (Wildman–Crippen LogP) is 2.73. The predicted molar refractivity (Wildman–Crippen MR) is 84.4 cm³/mol. The van der Waals surface area contributed by atoms with Crippen molar-refractivity contribution in [1.29, 1.82) is 0 Å². The molecule has 5 heteroatoms. The quantitative estimate of drug-likeness (QED) is 0.709. The van der Waals surface area contributed by atoms with E-state index in [1.165, 1.54) is 0 Å². The summed E-state index contributed by atoms with van der Waals surface area (Å²) in [5.74, 6) is -0.166. The molecule has 0 aliphatic rings. The van der Waals surface area contributed by atoms with Crippen LogP contribution in [0.1, 0.15) is 16.1 Å². The third kappa shape index (κ3) is 2.23. The van der Waals surface area contributed by atoms with Gasteiger partial charge in [-0.15, -0.1) is 0 Å². The lowest BCUT2D eigenvalue weighted by atomic mass is 10.1. The molecule has 5 nitrogen and oxygen atoms in total. The first-order valence-electron chi connectivity index (χ1n) is 6.65. The van der Waals surface area contributed by atoms with Crippen molar-refractivity contribution < 1.29 is 4.79 Å². The second-order valence-corrected chi connectivity index (χ2v) is 5.03. The zero-order chi connectivity index (χ0) is 15.0. The summed E-state index contributed by atoms with van der Waals surface area (Å²) in [5, 5.41) is 7.74. The number of carbonyl (C=O) groups is 1. The van der Waals surface area contributed by atoms with Gasteiger partial charge in [-0.3, -0.25) is 9.89 Å². The molecule has 3 aromatic rings. The van der Waals surface area contributed by atoms with Crippen LogP contribution in [0.3, 0.4) is 0 Å². The number of fused-ring (bicyclic) bond motifs is 1. The average molecular weight is 280 g/mol. The van der Waals surface area contributed by atoms with Crippen LogP contribution in [0.25, 0.3) is 10.9 Å². The van der Waals surface area contributed by atoms with Crippen molar-refractivity contribution in [3.63, 3.8) is 0 Å². The molecule has 0 fully saturated rings. The molecular weight excluding hydrogens is 264 g/mol. The molecule has 0 radical (unpaired) electrons. The Hall–Kier alpha value is -2.82. The van der Waals surface area contributed by atoms with Crippen molar-refractivity contribution >= 4 is 28.2 Å². The summed E-state index contributed by atoms with van der Waals surface area (Å²) in [6.45, 7) is 1.97. The summed E-state index contributed by atoms with van der Waals surface area (Å²) >= 11 is 0. The number of hydrogen-bond acceptors (Lipinski definition) is 3. The molecule has 0 aliphatic carbocycles. The van der Waals surface area contributed by atoms with Crippen molar-refractivity contribution in [3.05, 3.63) is 53.7 Å². The van der Waals surface area contributed by atoms with Crippen LogP contribution in [-0.4, -0.2) is 23.2 Å². The van der Waals surface area contributed by atoms with Gasteiger partial charge in [0, 0.05) is 23.8 Å². The van der Waals surface area contributed by atoms with Crippen LogP contribution < -0.4 is 10.6 Å². The van der Waals surface area contributed by atoms with Crippen molar-refractivity contribution in [2.75, 3.05) is 17.7 Å². The summed E-state index contributed by atoms with van der Waals surface area (Å²) in [6, 6.07) is 13.1. The van der Waals surface area contributed by atoms with Gasteiger partial charge in [-0.1, -0.05) is 18.2 Å². The number of nitrogens with one attached hydrogen (secondary N) is 1. The second kappa shape index (κ2) is 4.94. The van der Waals surface area contributed by atoms with Gasteiger partial charge in [0.05, 0.1) is 5.52 Å². The first kappa shape index (κ1) is 13.2. The first-order chi connectivity index (χ1) is 10.1. The summed E-state index contributed by atoms with van der Waals surface area (Å²) in [6.07, 6.45) is 0. The largest absolute Gasteiger partial charge is 0.399 e. The van der Waals surface area contributed by atoms with E-state index in [2.05, 4.69) is 10.2 Å². The lowest BCUT2D eigenvalue weighted by Crippen LogP contribution is -2.27. The van der Waals surface area contributed by atoms with Gasteiger partial charge in [0.1, 0.15) is 0 Å². The fourth-order valence-electron chi connectivity index (χ4n) is 2.40. The number of H-pyrrole nitrogens is 1. The van der Waals surface area contributed by atoms with Crippen molar-refractivity contribution in [2.45, 2.75) is 6.92 Å². The Labute approximate surface area is 122 Å². The van der Waals surface area contributed by atoms with Gasteiger partial charge in [-0.25, -0.2) is 0 Å². The first-order valence-corrected chi connectivity index (χ1v) is 6.65. The molecule has 0 saturated carbocycles. The second-order valence-electron chi connectivity index (χ2n) is 5.03.